The van der Waals surface area contributed by atoms with Crippen molar-refractivity contribution in [2.45, 2.75) is 25.7 Å². The molecule has 7 aliphatic rings. The Morgan fingerprint density at radius 2 is 2.14 bits per heavy atom. The number of ketones is 1. The maximum absolute atomic E-state index is 12.8. The van der Waals surface area contributed by atoms with E-state index in [0.717, 1.165) is 31.5 Å². The van der Waals surface area contributed by atoms with Crippen molar-refractivity contribution < 1.29 is 14.3 Å². The van der Waals surface area contributed by atoms with Gasteiger partial charge in [0.2, 0.25) is 5.91 Å². The van der Waals surface area contributed by atoms with E-state index in [0.29, 0.717) is 36.0 Å². The van der Waals surface area contributed by atoms with Gasteiger partial charge in [0, 0.05) is 31.6 Å². The van der Waals surface area contributed by atoms with Gasteiger partial charge in [-0.3, -0.25) is 9.59 Å². The SMILES string of the molecule is O=C1[C@H]2[C@H]3C[C@H]4[C@@H]2[C@@]2(C(=O)NCCCOCC5CC5)[C@@H]4[C@@H]3[C@@H]12. The lowest BCUT2D eigenvalue weighted by atomic mass is 9.31. The van der Waals surface area contributed by atoms with Crippen molar-refractivity contribution in [2.75, 3.05) is 19.8 Å². The Morgan fingerprint density at radius 1 is 1.27 bits per heavy atom. The van der Waals surface area contributed by atoms with E-state index in [2.05, 4.69) is 5.32 Å². The summed E-state index contributed by atoms with van der Waals surface area (Å²) in [7, 11) is 0. The summed E-state index contributed by atoms with van der Waals surface area (Å²) < 4.78 is 5.61. The number of carbonyl (C=O) groups excluding carboxylic acids is 2. The van der Waals surface area contributed by atoms with Crippen LogP contribution in [0.4, 0.5) is 0 Å². The number of hydrogen-bond acceptors (Lipinski definition) is 3. The summed E-state index contributed by atoms with van der Waals surface area (Å²) >= 11 is 0. The lowest BCUT2D eigenvalue weighted by Gasteiger charge is -2.70. The smallest absolute Gasteiger partial charge is 0.227 e. The zero-order valence-electron chi connectivity index (χ0n) is 12.8. The lowest BCUT2D eigenvalue weighted by molar-refractivity contribution is -0.248. The van der Waals surface area contributed by atoms with Crippen LogP contribution >= 0.6 is 0 Å². The van der Waals surface area contributed by atoms with Gasteiger partial charge in [0.1, 0.15) is 5.78 Å². The summed E-state index contributed by atoms with van der Waals surface area (Å²) in [5.41, 5.74) is -0.237. The van der Waals surface area contributed by atoms with Crippen LogP contribution < -0.4 is 5.32 Å². The third-order valence-electron chi connectivity index (χ3n) is 8.06. The topological polar surface area (TPSA) is 55.4 Å². The van der Waals surface area contributed by atoms with Gasteiger partial charge in [0.05, 0.1) is 5.41 Å². The van der Waals surface area contributed by atoms with E-state index in [1.807, 2.05) is 0 Å². The van der Waals surface area contributed by atoms with Gasteiger partial charge in [-0.15, -0.1) is 0 Å². The molecular weight excluding hydrogens is 278 g/mol. The zero-order valence-corrected chi connectivity index (χ0v) is 12.8. The lowest BCUT2D eigenvalue weighted by Crippen LogP contribution is -2.75. The molecule has 0 aromatic heterocycles. The molecule has 1 amide bonds. The predicted molar refractivity (Wildman–Crippen MR) is 77.7 cm³/mol. The van der Waals surface area contributed by atoms with Crippen molar-refractivity contribution in [3.8, 4) is 0 Å². The summed E-state index contributed by atoms with van der Waals surface area (Å²) in [5.74, 6) is 4.84. The first-order chi connectivity index (χ1) is 10.8. The highest BCUT2D eigenvalue weighted by Gasteiger charge is 2.96. The molecule has 118 valence electrons. The molecule has 0 aromatic carbocycles. The van der Waals surface area contributed by atoms with Crippen LogP contribution in [0.15, 0.2) is 0 Å². The normalized spacial score (nSPS) is 54.5. The summed E-state index contributed by atoms with van der Waals surface area (Å²) in [6.45, 7) is 2.34. The third kappa shape index (κ3) is 1.11. The van der Waals surface area contributed by atoms with Crippen molar-refractivity contribution >= 4 is 11.7 Å². The van der Waals surface area contributed by atoms with E-state index >= 15 is 0 Å². The molecule has 0 spiro atoms. The average Bonchev–Trinajstić information content (AvgIpc) is 3.15. The van der Waals surface area contributed by atoms with Gasteiger partial charge < -0.3 is 10.1 Å². The molecule has 4 nitrogen and oxygen atoms in total. The van der Waals surface area contributed by atoms with Crippen LogP contribution in [0.5, 0.6) is 0 Å². The molecular formula is C18H23NO3. The fraction of sp³-hybridized carbons (Fsp3) is 0.889. The number of rotatable bonds is 7. The Hall–Kier alpha value is -0.900. The molecule has 7 fully saturated rings. The van der Waals surface area contributed by atoms with Crippen LogP contribution in [0.25, 0.3) is 0 Å². The molecule has 7 saturated carbocycles. The van der Waals surface area contributed by atoms with Crippen molar-refractivity contribution in [2.24, 2.45) is 52.8 Å². The van der Waals surface area contributed by atoms with Crippen LogP contribution in [-0.2, 0) is 14.3 Å². The second kappa shape index (κ2) is 3.77. The standard InChI is InChI=1S/C18H23NO3/c20-16-12-9-6-10-13-11(9)15(16)18(13,14(10)12)17(21)19-4-1-5-22-7-8-2-3-8/h8-15H,1-7H2,(H,19,21)/t9-,10+,11+,12-,13-,14-,15-,18-/m0/s1. The Kier molecular flexibility index (Phi) is 2.14. The van der Waals surface area contributed by atoms with Gasteiger partial charge >= 0.3 is 0 Å². The summed E-state index contributed by atoms with van der Waals surface area (Å²) in [4.78, 5) is 25.3. The first-order valence-electron chi connectivity index (χ1n) is 9.16. The van der Waals surface area contributed by atoms with Gasteiger partial charge in [-0.05, 0) is 61.2 Å². The number of nitrogens with one attached hydrogen (secondary N) is 1. The van der Waals surface area contributed by atoms with E-state index in [1.54, 1.807) is 0 Å². The molecule has 0 radical (unpaired) electrons. The molecule has 0 saturated heterocycles. The fourth-order valence-corrected chi connectivity index (χ4v) is 7.48. The highest BCUT2D eigenvalue weighted by molar-refractivity contribution is 6.04. The van der Waals surface area contributed by atoms with Crippen molar-refractivity contribution in [1.29, 1.82) is 0 Å². The van der Waals surface area contributed by atoms with Gasteiger partial charge in [-0.2, -0.15) is 0 Å². The maximum atomic E-state index is 12.8. The molecule has 0 aliphatic heterocycles. The van der Waals surface area contributed by atoms with E-state index in [4.69, 9.17) is 4.74 Å². The molecule has 8 atom stereocenters. The minimum Gasteiger partial charge on any atom is -0.381 e. The molecule has 4 heteroatoms. The van der Waals surface area contributed by atoms with Crippen LogP contribution in [0.3, 0.4) is 0 Å². The van der Waals surface area contributed by atoms with Crippen molar-refractivity contribution in [3.63, 3.8) is 0 Å². The van der Waals surface area contributed by atoms with Gasteiger partial charge in [0.25, 0.3) is 0 Å². The van der Waals surface area contributed by atoms with Gasteiger partial charge in [-0.1, -0.05) is 0 Å². The van der Waals surface area contributed by atoms with Crippen LogP contribution in [0.1, 0.15) is 25.7 Å². The van der Waals surface area contributed by atoms with Gasteiger partial charge in [-0.25, -0.2) is 0 Å². The Labute approximate surface area is 130 Å². The van der Waals surface area contributed by atoms with Crippen molar-refractivity contribution in [3.05, 3.63) is 0 Å². The molecule has 0 heterocycles. The molecule has 7 rings (SSSR count). The minimum absolute atomic E-state index is 0.113. The van der Waals surface area contributed by atoms with E-state index in [-0.39, 0.29) is 23.2 Å². The van der Waals surface area contributed by atoms with Gasteiger partial charge in [0.15, 0.2) is 0 Å². The number of carbonyl (C=O) groups is 2. The molecule has 4 bridgehead atoms. The molecule has 1 N–H and O–H groups in total. The summed E-state index contributed by atoms with van der Waals surface area (Å²) in [6.07, 6.45) is 4.78. The molecule has 0 aromatic rings. The second-order valence-corrected chi connectivity index (χ2v) is 8.66. The fourth-order valence-electron chi connectivity index (χ4n) is 7.48. The van der Waals surface area contributed by atoms with Crippen LogP contribution in [0, 0.1) is 52.8 Å². The quantitative estimate of drug-likeness (QED) is 0.720. The average molecular weight is 301 g/mol. The first kappa shape index (κ1) is 12.5. The Morgan fingerprint density at radius 3 is 2.91 bits per heavy atom. The first-order valence-corrected chi connectivity index (χ1v) is 9.16. The molecule has 22 heavy (non-hydrogen) atoms. The van der Waals surface area contributed by atoms with Crippen molar-refractivity contribution in [1.82, 2.24) is 5.32 Å². The monoisotopic (exact) mass is 301 g/mol. The minimum atomic E-state index is -0.237. The number of amides is 1. The number of hydrogen-bond donors (Lipinski definition) is 1. The third-order valence-corrected chi connectivity index (χ3v) is 8.06. The summed E-state index contributed by atoms with van der Waals surface area (Å²) in [5, 5.41) is 3.14. The highest BCUT2D eigenvalue weighted by atomic mass is 16.5. The molecule has 0 unspecified atom stereocenters. The van der Waals surface area contributed by atoms with E-state index in [9.17, 15) is 9.59 Å². The molecule has 7 aliphatic carbocycles. The number of Topliss-reactive ketones (excluding diaryl/α,β-unsaturated/α-hetero) is 1. The second-order valence-electron chi connectivity index (χ2n) is 8.66. The van der Waals surface area contributed by atoms with E-state index in [1.165, 1.54) is 19.3 Å². The summed E-state index contributed by atoms with van der Waals surface area (Å²) in [6, 6.07) is 0. The highest BCUT2D eigenvalue weighted by Crippen LogP contribution is 2.92. The van der Waals surface area contributed by atoms with E-state index < -0.39 is 0 Å². The maximum Gasteiger partial charge on any atom is 0.227 e. The Balaban J connectivity index is 1.07. The number of ether oxygens (including phenoxy) is 1. The van der Waals surface area contributed by atoms with Crippen LogP contribution in [-0.4, -0.2) is 31.4 Å². The Bertz CT molecular complexity index is 585. The predicted octanol–water partition coefficient (Wildman–Crippen LogP) is 1.25. The zero-order chi connectivity index (χ0) is 14.6. The largest absolute Gasteiger partial charge is 0.381 e. The van der Waals surface area contributed by atoms with Crippen LogP contribution in [0.2, 0.25) is 0 Å².